The summed E-state index contributed by atoms with van der Waals surface area (Å²) in [5, 5.41) is 0. The van der Waals surface area contributed by atoms with Crippen molar-refractivity contribution >= 4 is 34.0 Å². The number of hydrogen-bond donors (Lipinski definition) is 0. The van der Waals surface area contributed by atoms with Crippen LogP contribution < -0.4 is 0 Å². The normalized spacial score (nSPS) is 11.2. The van der Waals surface area contributed by atoms with Crippen LogP contribution in [-0.4, -0.2) is 0 Å². The smallest absolute Gasteiger partial charge is 0.0424 e. The summed E-state index contributed by atoms with van der Waals surface area (Å²) in [6.07, 6.45) is 0. The highest BCUT2D eigenvalue weighted by molar-refractivity contribution is 7.17. The van der Waals surface area contributed by atoms with Gasteiger partial charge >= 0.3 is 0 Å². The molecule has 0 radical (unpaired) electrons. The maximum Gasteiger partial charge on any atom is 0.0424 e. The zero-order chi connectivity index (χ0) is 28.6. The molecule has 7 aromatic rings. The molecule has 3 heteroatoms. The van der Waals surface area contributed by atoms with E-state index in [2.05, 4.69) is 148 Å². The Kier molecular flexibility index (Phi) is 7.25. The summed E-state index contributed by atoms with van der Waals surface area (Å²) < 4.78 is 0. The van der Waals surface area contributed by atoms with E-state index in [9.17, 15) is 0 Å². The van der Waals surface area contributed by atoms with Gasteiger partial charge in [-0.3, -0.25) is 0 Å². The predicted molar refractivity (Wildman–Crippen MR) is 187 cm³/mol. The summed E-state index contributed by atoms with van der Waals surface area (Å²) in [5.74, 6) is 0. The minimum Gasteiger partial charge on any atom is -0.140 e. The van der Waals surface area contributed by atoms with Crippen molar-refractivity contribution in [2.45, 2.75) is 20.8 Å². The topological polar surface area (TPSA) is 0 Å². The van der Waals surface area contributed by atoms with Crippen molar-refractivity contribution in [3.63, 3.8) is 0 Å². The van der Waals surface area contributed by atoms with Gasteiger partial charge < -0.3 is 0 Å². The summed E-state index contributed by atoms with van der Waals surface area (Å²) in [5.41, 5.74) is 11.5. The molecule has 4 aromatic carbocycles. The van der Waals surface area contributed by atoms with E-state index in [-0.39, 0.29) is 0 Å². The first kappa shape index (κ1) is 26.9. The predicted octanol–water partition coefficient (Wildman–Crippen LogP) is 12.8. The lowest BCUT2D eigenvalue weighted by Crippen LogP contribution is -1.87. The van der Waals surface area contributed by atoms with Crippen molar-refractivity contribution in [3.8, 4) is 64.7 Å². The van der Waals surface area contributed by atoms with Crippen LogP contribution in [0.1, 0.15) is 14.6 Å². The van der Waals surface area contributed by atoms with Crippen LogP contribution in [0.5, 0.6) is 0 Å². The van der Waals surface area contributed by atoms with Gasteiger partial charge in [0.2, 0.25) is 0 Å². The summed E-state index contributed by atoms with van der Waals surface area (Å²) in [4.78, 5) is 7.95. The molecular weight excluding hydrogens is 565 g/mol. The number of rotatable bonds is 6. The van der Waals surface area contributed by atoms with E-state index < -0.39 is 0 Å². The number of aryl methyl sites for hydroxylation is 3. The van der Waals surface area contributed by atoms with E-state index in [1.807, 2.05) is 34.0 Å². The highest BCUT2D eigenvalue weighted by atomic mass is 32.1. The van der Waals surface area contributed by atoms with Crippen molar-refractivity contribution in [1.29, 1.82) is 0 Å². The van der Waals surface area contributed by atoms with Gasteiger partial charge in [-0.1, -0.05) is 91.0 Å². The van der Waals surface area contributed by atoms with Crippen LogP contribution in [0.25, 0.3) is 64.7 Å². The summed E-state index contributed by atoms with van der Waals surface area (Å²) in [6, 6.07) is 46.7. The van der Waals surface area contributed by atoms with Crippen LogP contribution in [-0.2, 0) is 0 Å². The van der Waals surface area contributed by atoms with Crippen LogP contribution >= 0.6 is 34.0 Å². The van der Waals surface area contributed by atoms with E-state index in [4.69, 9.17) is 0 Å². The molecule has 0 unspecified atom stereocenters. The summed E-state index contributed by atoms with van der Waals surface area (Å²) >= 11 is 5.67. The van der Waals surface area contributed by atoms with Crippen molar-refractivity contribution in [2.24, 2.45) is 0 Å². The average Bonchev–Trinajstić information content (AvgIpc) is 3.74. The Labute approximate surface area is 260 Å². The third-order valence-electron chi connectivity index (χ3n) is 7.54. The molecule has 3 aromatic heterocycles. The van der Waals surface area contributed by atoms with Crippen LogP contribution in [0.2, 0.25) is 0 Å². The Hall–Kier alpha value is -4.02. The standard InChI is InChI=1S/C39H30S3/c1-25-19-34(28-13-7-4-8-14-28)37(40-25)31-22-32(38-35(20-26(2)41-38)29-15-9-5-10-16-29)24-33(23-31)39-36(21-27(3)42-39)30-17-11-6-12-18-30/h4-24H,1-3H3. The van der Waals surface area contributed by atoms with Crippen LogP contribution in [0.4, 0.5) is 0 Å². The highest BCUT2D eigenvalue weighted by Gasteiger charge is 2.19. The quantitative estimate of drug-likeness (QED) is 0.180. The van der Waals surface area contributed by atoms with Gasteiger partial charge in [-0.15, -0.1) is 34.0 Å². The number of benzene rings is 4. The monoisotopic (exact) mass is 594 g/mol. The lowest BCUT2D eigenvalue weighted by Gasteiger charge is -2.13. The van der Waals surface area contributed by atoms with Gasteiger partial charge in [0.25, 0.3) is 0 Å². The Morgan fingerprint density at radius 1 is 0.310 bits per heavy atom. The first-order chi connectivity index (χ1) is 20.5. The molecule has 0 nitrogen and oxygen atoms in total. The van der Waals surface area contributed by atoms with Gasteiger partial charge in [0.1, 0.15) is 0 Å². The van der Waals surface area contributed by atoms with Crippen LogP contribution in [0.3, 0.4) is 0 Å². The third-order valence-corrected chi connectivity index (χ3v) is 10.8. The highest BCUT2D eigenvalue weighted by Crippen LogP contribution is 2.47. The van der Waals surface area contributed by atoms with E-state index in [0.717, 1.165) is 0 Å². The molecule has 0 aliphatic rings. The van der Waals surface area contributed by atoms with Gasteiger partial charge in [-0.05, 0) is 90.6 Å². The molecule has 3 heterocycles. The molecule has 0 amide bonds. The largest absolute Gasteiger partial charge is 0.140 e. The van der Waals surface area contributed by atoms with Gasteiger partial charge in [0, 0.05) is 46.0 Å². The molecule has 42 heavy (non-hydrogen) atoms. The maximum atomic E-state index is 2.42. The average molecular weight is 595 g/mol. The summed E-state index contributed by atoms with van der Waals surface area (Å²) in [7, 11) is 0. The third kappa shape index (κ3) is 5.20. The van der Waals surface area contributed by atoms with E-state index in [0.29, 0.717) is 0 Å². The molecule has 0 bridgehead atoms. The molecule has 0 aliphatic heterocycles. The molecule has 0 fully saturated rings. The molecular formula is C39H30S3. The fraction of sp³-hybridized carbons (Fsp3) is 0.0769. The number of thiophene rings is 3. The molecule has 204 valence electrons. The molecule has 0 aliphatic carbocycles. The fourth-order valence-corrected chi connectivity index (χ4v) is 8.77. The van der Waals surface area contributed by atoms with E-state index in [1.54, 1.807) is 0 Å². The van der Waals surface area contributed by atoms with Gasteiger partial charge in [0.05, 0.1) is 0 Å². The zero-order valence-electron chi connectivity index (χ0n) is 23.8. The summed E-state index contributed by atoms with van der Waals surface area (Å²) in [6.45, 7) is 6.66. The molecule has 0 N–H and O–H groups in total. The van der Waals surface area contributed by atoms with E-state index >= 15 is 0 Å². The number of hydrogen-bond acceptors (Lipinski definition) is 3. The second kappa shape index (κ2) is 11.3. The first-order valence-corrected chi connectivity index (χ1v) is 16.6. The van der Waals surface area contributed by atoms with Crippen molar-refractivity contribution in [3.05, 3.63) is 142 Å². The van der Waals surface area contributed by atoms with Gasteiger partial charge in [-0.25, -0.2) is 0 Å². The molecule has 0 atom stereocenters. The Balaban J connectivity index is 1.49. The minimum absolute atomic E-state index is 1.26. The second-order valence-corrected chi connectivity index (χ2v) is 14.5. The van der Waals surface area contributed by atoms with Crippen LogP contribution in [0, 0.1) is 20.8 Å². The van der Waals surface area contributed by atoms with Crippen molar-refractivity contribution < 1.29 is 0 Å². The lowest BCUT2D eigenvalue weighted by molar-refractivity contribution is 1.59. The van der Waals surface area contributed by atoms with E-state index in [1.165, 1.54) is 79.3 Å². The Morgan fingerprint density at radius 3 is 0.833 bits per heavy atom. The van der Waals surface area contributed by atoms with Crippen LogP contribution in [0.15, 0.2) is 127 Å². The van der Waals surface area contributed by atoms with Crippen molar-refractivity contribution in [1.82, 2.24) is 0 Å². The Bertz CT molecular complexity index is 1740. The molecule has 0 saturated heterocycles. The maximum absolute atomic E-state index is 2.42. The second-order valence-electron chi connectivity index (χ2n) is 10.7. The van der Waals surface area contributed by atoms with Gasteiger partial charge in [-0.2, -0.15) is 0 Å². The Morgan fingerprint density at radius 2 is 0.571 bits per heavy atom. The lowest BCUT2D eigenvalue weighted by atomic mass is 9.94. The zero-order valence-corrected chi connectivity index (χ0v) is 26.3. The minimum atomic E-state index is 1.26. The first-order valence-electron chi connectivity index (χ1n) is 14.2. The molecule has 0 saturated carbocycles. The van der Waals surface area contributed by atoms with Gasteiger partial charge in [0.15, 0.2) is 0 Å². The fourth-order valence-electron chi connectivity index (χ4n) is 5.70. The van der Waals surface area contributed by atoms with Crippen molar-refractivity contribution in [2.75, 3.05) is 0 Å². The SMILES string of the molecule is Cc1cc(-c2ccccc2)c(-c2cc(-c3sc(C)cc3-c3ccccc3)cc(-c3sc(C)cc3-c3ccccc3)c2)s1. The molecule has 0 spiro atoms. The molecule has 7 rings (SSSR count).